The number of benzene rings is 1. The largest absolute Gasteiger partial charge is 0.352 e. The van der Waals surface area contributed by atoms with Crippen LogP contribution in [0.4, 0.5) is 0 Å². The molecule has 5 heteroatoms. The lowest BCUT2D eigenvalue weighted by molar-refractivity contribution is -0.135. The summed E-state index contributed by atoms with van der Waals surface area (Å²) in [6.07, 6.45) is 4.40. The van der Waals surface area contributed by atoms with Gasteiger partial charge >= 0.3 is 0 Å². The summed E-state index contributed by atoms with van der Waals surface area (Å²) in [7, 11) is 0. The number of carbonyl (C=O) groups is 2. The Morgan fingerprint density at radius 1 is 1.28 bits per heavy atom. The summed E-state index contributed by atoms with van der Waals surface area (Å²) < 4.78 is 0. The fourth-order valence-electron chi connectivity index (χ4n) is 4.58. The van der Waals surface area contributed by atoms with E-state index >= 15 is 0 Å². The lowest BCUT2D eigenvalue weighted by atomic mass is 9.87. The van der Waals surface area contributed by atoms with Crippen LogP contribution in [-0.4, -0.2) is 53.8 Å². The number of nitrogens with zero attached hydrogens (tertiary/aromatic N) is 2. The third-order valence-electron chi connectivity index (χ3n) is 5.90. The van der Waals surface area contributed by atoms with Gasteiger partial charge in [0.05, 0.1) is 6.54 Å². The Morgan fingerprint density at radius 3 is 2.84 bits per heavy atom. The number of hydrogen-bond acceptors (Lipinski definition) is 3. The second kappa shape index (κ2) is 6.45. The molecule has 1 unspecified atom stereocenters. The standard InChI is InChI=1S/C20H27N3O2/c1-15(24)21-17-6-4-10-23(12-17)19(25)13-22-11-16-5-2-3-7-18(16)20(14-22)8-9-20/h2-3,5,7,17H,4,6,8-14H2,1H3,(H,21,24). The second-order valence-electron chi connectivity index (χ2n) is 7.96. The monoisotopic (exact) mass is 341 g/mol. The summed E-state index contributed by atoms with van der Waals surface area (Å²) in [6.45, 7) is 5.35. The highest BCUT2D eigenvalue weighted by Crippen LogP contribution is 2.52. The minimum Gasteiger partial charge on any atom is -0.352 e. The van der Waals surface area contributed by atoms with Crippen LogP contribution in [0.25, 0.3) is 0 Å². The molecule has 4 rings (SSSR count). The van der Waals surface area contributed by atoms with Crippen molar-refractivity contribution in [2.24, 2.45) is 0 Å². The average Bonchev–Trinajstić information content (AvgIpc) is 3.34. The number of amides is 2. The van der Waals surface area contributed by atoms with Crippen LogP contribution in [0.3, 0.4) is 0 Å². The predicted octanol–water partition coefficient (Wildman–Crippen LogP) is 1.66. The highest BCUT2D eigenvalue weighted by molar-refractivity contribution is 5.79. The van der Waals surface area contributed by atoms with Crippen LogP contribution in [0.1, 0.15) is 43.7 Å². The molecule has 2 heterocycles. The average molecular weight is 341 g/mol. The molecule has 1 saturated heterocycles. The lowest BCUT2D eigenvalue weighted by Gasteiger charge is -2.37. The Morgan fingerprint density at radius 2 is 2.08 bits per heavy atom. The first-order valence-electron chi connectivity index (χ1n) is 9.41. The number of fused-ring (bicyclic) bond motifs is 2. The molecule has 3 aliphatic rings. The molecule has 2 amide bonds. The molecule has 1 atom stereocenters. The molecule has 5 nitrogen and oxygen atoms in total. The molecule has 1 spiro atoms. The van der Waals surface area contributed by atoms with Gasteiger partial charge in [-0.05, 0) is 36.8 Å². The van der Waals surface area contributed by atoms with Gasteiger partial charge in [-0.25, -0.2) is 0 Å². The molecular formula is C20H27N3O2. The molecule has 134 valence electrons. The van der Waals surface area contributed by atoms with Crippen molar-refractivity contribution >= 4 is 11.8 Å². The zero-order chi connectivity index (χ0) is 17.4. The summed E-state index contributed by atoms with van der Waals surface area (Å²) in [5.41, 5.74) is 3.19. The van der Waals surface area contributed by atoms with E-state index in [1.54, 1.807) is 6.92 Å². The Hall–Kier alpha value is -1.88. The molecule has 0 bridgehead atoms. The molecule has 2 fully saturated rings. The molecule has 1 aromatic carbocycles. The van der Waals surface area contributed by atoms with E-state index in [4.69, 9.17) is 0 Å². The summed E-state index contributed by atoms with van der Waals surface area (Å²) in [4.78, 5) is 28.3. The van der Waals surface area contributed by atoms with E-state index in [0.29, 0.717) is 18.5 Å². The predicted molar refractivity (Wildman–Crippen MR) is 96.0 cm³/mol. The fraction of sp³-hybridized carbons (Fsp3) is 0.600. The summed E-state index contributed by atoms with van der Waals surface area (Å²) in [5, 5.41) is 2.96. The van der Waals surface area contributed by atoms with Crippen LogP contribution in [0, 0.1) is 0 Å². The fourth-order valence-corrected chi connectivity index (χ4v) is 4.58. The van der Waals surface area contributed by atoms with Crippen LogP contribution in [-0.2, 0) is 21.5 Å². The maximum atomic E-state index is 12.8. The van der Waals surface area contributed by atoms with Gasteiger partial charge in [0.2, 0.25) is 11.8 Å². The van der Waals surface area contributed by atoms with Gasteiger partial charge in [0.1, 0.15) is 0 Å². The van der Waals surface area contributed by atoms with Gasteiger partial charge in [0, 0.05) is 44.6 Å². The van der Waals surface area contributed by atoms with Crippen molar-refractivity contribution in [2.75, 3.05) is 26.2 Å². The summed E-state index contributed by atoms with van der Waals surface area (Å²) in [6, 6.07) is 8.81. The molecule has 2 aliphatic heterocycles. The molecule has 1 aromatic rings. The minimum atomic E-state index is -0.0115. The zero-order valence-electron chi connectivity index (χ0n) is 15.0. The molecule has 1 aliphatic carbocycles. The maximum Gasteiger partial charge on any atom is 0.236 e. The van der Waals surface area contributed by atoms with Crippen molar-refractivity contribution in [1.29, 1.82) is 0 Å². The van der Waals surface area contributed by atoms with Crippen molar-refractivity contribution in [3.8, 4) is 0 Å². The highest BCUT2D eigenvalue weighted by atomic mass is 16.2. The van der Waals surface area contributed by atoms with Crippen molar-refractivity contribution in [2.45, 2.75) is 50.6 Å². The van der Waals surface area contributed by atoms with E-state index in [1.165, 1.54) is 24.0 Å². The number of likely N-dealkylation sites (tertiary alicyclic amines) is 1. The highest BCUT2D eigenvalue weighted by Gasteiger charge is 2.49. The van der Waals surface area contributed by atoms with Crippen molar-refractivity contribution in [3.63, 3.8) is 0 Å². The maximum absolute atomic E-state index is 12.8. The first-order valence-corrected chi connectivity index (χ1v) is 9.41. The van der Waals surface area contributed by atoms with E-state index < -0.39 is 0 Å². The molecule has 1 N–H and O–H groups in total. The van der Waals surface area contributed by atoms with E-state index in [0.717, 1.165) is 32.5 Å². The van der Waals surface area contributed by atoms with Gasteiger partial charge in [0.25, 0.3) is 0 Å². The summed E-state index contributed by atoms with van der Waals surface area (Å²) in [5.74, 6) is 0.188. The van der Waals surface area contributed by atoms with Crippen molar-refractivity contribution in [3.05, 3.63) is 35.4 Å². The van der Waals surface area contributed by atoms with Crippen LogP contribution >= 0.6 is 0 Å². The van der Waals surface area contributed by atoms with Gasteiger partial charge in [-0.15, -0.1) is 0 Å². The van der Waals surface area contributed by atoms with E-state index in [9.17, 15) is 9.59 Å². The van der Waals surface area contributed by atoms with E-state index in [-0.39, 0.29) is 17.9 Å². The van der Waals surface area contributed by atoms with Crippen molar-refractivity contribution < 1.29 is 9.59 Å². The Balaban J connectivity index is 1.39. The number of rotatable bonds is 3. The zero-order valence-corrected chi connectivity index (χ0v) is 15.0. The Kier molecular flexibility index (Phi) is 4.28. The topological polar surface area (TPSA) is 52.7 Å². The van der Waals surface area contributed by atoms with Gasteiger partial charge < -0.3 is 10.2 Å². The third kappa shape index (κ3) is 3.43. The number of hydrogen-bond donors (Lipinski definition) is 1. The van der Waals surface area contributed by atoms with E-state index in [1.807, 2.05) is 4.90 Å². The van der Waals surface area contributed by atoms with Gasteiger partial charge in [-0.1, -0.05) is 24.3 Å². The molecule has 25 heavy (non-hydrogen) atoms. The normalized spacial score (nSPS) is 24.7. The van der Waals surface area contributed by atoms with Crippen LogP contribution in [0.5, 0.6) is 0 Å². The van der Waals surface area contributed by atoms with Crippen LogP contribution in [0.2, 0.25) is 0 Å². The molecule has 0 radical (unpaired) electrons. The molecule has 0 aromatic heterocycles. The van der Waals surface area contributed by atoms with Crippen LogP contribution < -0.4 is 5.32 Å². The Labute approximate surface area is 149 Å². The number of piperidine rings is 1. The van der Waals surface area contributed by atoms with Crippen molar-refractivity contribution in [1.82, 2.24) is 15.1 Å². The van der Waals surface area contributed by atoms with Crippen LogP contribution in [0.15, 0.2) is 24.3 Å². The first-order chi connectivity index (χ1) is 12.1. The minimum absolute atomic E-state index is 0.0115. The Bertz CT molecular complexity index is 683. The van der Waals surface area contributed by atoms with Gasteiger partial charge in [-0.2, -0.15) is 0 Å². The second-order valence-corrected chi connectivity index (χ2v) is 7.96. The first kappa shape index (κ1) is 16.6. The van der Waals surface area contributed by atoms with Gasteiger partial charge in [-0.3, -0.25) is 14.5 Å². The number of nitrogens with one attached hydrogen (secondary N) is 1. The quantitative estimate of drug-likeness (QED) is 0.910. The molecular weight excluding hydrogens is 314 g/mol. The SMILES string of the molecule is CC(=O)NC1CCCN(C(=O)CN2Cc3ccccc3C3(CC3)C2)C1. The van der Waals surface area contributed by atoms with Gasteiger partial charge in [0.15, 0.2) is 0 Å². The molecule has 1 saturated carbocycles. The third-order valence-corrected chi connectivity index (χ3v) is 5.90. The summed E-state index contributed by atoms with van der Waals surface area (Å²) >= 11 is 0. The lowest BCUT2D eigenvalue weighted by Crippen LogP contribution is -2.52. The smallest absolute Gasteiger partial charge is 0.236 e. The van der Waals surface area contributed by atoms with E-state index in [2.05, 4.69) is 34.5 Å². The number of carbonyl (C=O) groups excluding carboxylic acids is 2.